The molecule has 0 aromatic rings. The average Bonchev–Trinajstić information content (AvgIpc) is 2.24. The highest BCUT2D eigenvalue weighted by Crippen LogP contribution is 2.00. The standard InChI is InChI=1S/C11H23NO4/c1-10(2)11(15)16-9-3-4-12(5-7-13)6-8-14/h11,13-15H,1,3-9H2,2H3. The normalized spacial score (nSPS) is 13.1. The van der Waals surface area contributed by atoms with Gasteiger partial charge >= 0.3 is 0 Å². The third kappa shape index (κ3) is 7.78. The molecular formula is C11H23NO4. The SMILES string of the molecule is C=C(C)C(O)OCCCN(CCO)CCO. The molecule has 1 unspecified atom stereocenters. The third-order valence-electron chi connectivity index (χ3n) is 2.15. The topological polar surface area (TPSA) is 73.2 Å². The van der Waals surface area contributed by atoms with Crippen molar-refractivity contribution in [3.63, 3.8) is 0 Å². The summed E-state index contributed by atoms with van der Waals surface area (Å²) in [5.41, 5.74) is 0.586. The first-order chi connectivity index (χ1) is 7.61. The minimum atomic E-state index is -0.899. The Hall–Kier alpha value is -0.460. The van der Waals surface area contributed by atoms with Crippen LogP contribution in [0.5, 0.6) is 0 Å². The summed E-state index contributed by atoms with van der Waals surface area (Å²) in [6.07, 6.45) is -0.159. The van der Waals surface area contributed by atoms with E-state index >= 15 is 0 Å². The van der Waals surface area contributed by atoms with Gasteiger partial charge in [-0.2, -0.15) is 0 Å². The first-order valence-corrected chi connectivity index (χ1v) is 5.51. The van der Waals surface area contributed by atoms with Crippen LogP contribution in [0.3, 0.4) is 0 Å². The molecule has 0 aliphatic carbocycles. The summed E-state index contributed by atoms with van der Waals surface area (Å²) in [4.78, 5) is 1.94. The van der Waals surface area contributed by atoms with Crippen molar-refractivity contribution in [2.45, 2.75) is 19.6 Å². The minimum Gasteiger partial charge on any atom is -0.395 e. The average molecular weight is 233 g/mol. The summed E-state index contributed by atoms with van der Waals surface area (Å²) >= 11 is 0. The van der Waals surface area contributed by atoms with Gasteiger partial charge in [0.1, 0.15) is 0 Å². The summed E-state index contributed by atoms with van der Waals surface area (Å²) in [6, 6.07) is 0. The number of ether oxygens (including phenoxy) is 1. The molecule has 0 spiro atoms. The first kappa shape index (κ1) is 15.5. The van der Waals surface area contributed by atoms with Crippen LogP contribution < -0.4 is 0 Å². The molecule has 16 heavy (non-hydrogen) atoms. The Morgan fingerprint density at radius 1 is 1.25 bits per heavy atom. The van der Waals surface area contributed by atoms with Gasteiger partial charge in [0, 0.05) is 19.6 Å². The maximum absolute atomic E-state index is 9.28. The number of rotatable bonds is 10. The maximum atomic E-state index is 9.28. The Labute approximate surface area is 97.0 Å². The van der Waals surface area contributed by atoms with Crippen LogP contribution in [0.25, 0.3) is 0 Å². The van der Waals surface area contributed by atoms with Crippen LogP contribution >= 0.6 is 0 Å². The molecular weight excluding hydrogens is 210 g/mol. The van der Waals surface area contributed by atoms with Gasteiger partial charge in [-0.1, -0.05) is 6.58 Å². The van der Waals surface area contributed by atoms with Gasteiger partial charge in [-0.25, -0.2) is 0 Å². The molecule has 3 N–H and O–H groups in total. The summed E-state index contributed by atoms with van der Waals surface area (Å²) in [7, 11) is 0. The number of hydrogen-bond acceptors (Lipinski definition) is 5. The largest absolute Gasteiger partial charge is 0.395 e. The number of hydrogen-bond donors (Lipinski definition) is 3. The predicted molar refractivity (Wildman–Crippen MR) is 62.0 cm³/mol. The molecule has 0 bridgehead atoms. The van der Waals surface area contributed by atoms with Gasteiger partial charge < -0.3 is 20.1 Å². The Morgan fingerprint density at radius 3 is 2.25 bits per heavy atom. The molecule has 0 aliphatic heterocycles. The molecule has 0 aromatic carbocycles. The number of nitrogens with zero attached hydrogens (tertiary/aromatic N) is 1. The molecule has 1 atom stereocenters. The quantitative estimate of drug-likeness (QED) is 0.271. The molecule has 0 saturated carbocycles. The van der Waals surface area contributed by atoms with E-state index < -0.39 is 6.29 Å². The Balaban J connectivity index is 3.57. The molecule has 0 rings (SSSR count). The van der Waals surface area contributed by atoms with E-state index in [0.717, 1.165) is 13.0 Å². The van der Waals surface area contributed by atoms with Gasteiger partial charge in [-0.15, -0.1) is 0 Å². The third-order valence-corrected chi connectivity index (χ3v) is 2.15. The van der Waals surface area contributed by atoms with Crippen molar-refractivity contribution in [2.24, 2.45) is 0 Å². The molecule has 0 heterocycles. The fraction of sp³-hybridized carbons (Fsp3) is 0.818. The van der Waals surface area contributed by atoms with Crippen LogP contribution in [0.1, 0.15) is 13.3 Å². The molecule has 0 aromatic heterocycles. The fourth-order valence-corrected chi connectivity index (χ4v) is 1.24. The van der Waals surface area contributed by atoms with Crippen LogP contribution in [0.4, 0.5) is 0 Å². The van der Waals surface area contributed by atoms with Crippen molar-refractivity contribution in [1.29, 1.82) is 0 Å². The summed E-state index contributed by atoms with van der Waals surface area (Å²) in [5, 5.41) is 26.8. The van der Waals surface area contributed by atoms with Crippen molar-refractivity contribution in [3.8, 4) is 0 Å². The van der Waals surface area contributed by atoms with E-state index in [9.17, 15) is 5.11 Å². The van der Waals surface area contributed by atoms with Crippen LogP contribution in [-0.2, 0) is 4.74 Å². The first-order valence-electron chi connectivity index (χ1n) is 5.51. The van der Waals surface area contributed by atoms with Crippen LogP contribution in [0.15, 0.2) is 12.2 Å². The Morgan fingerprint density at radius 2 is 1.81 bits per heavy atom. The van der Waals surface area contributed by atoms with Gasteiger partial charge in [-0.05, 0) is 18.9 Å². The second kappa shape index (κ2) is 9.74. The summed E-state index contributed by atoms with van der Waals surface area (Å²) in [6.45, 7) is 7.68. The lowest BCUT2D eigenvalue weighted by atomic mass is 10.3. The molecule has 96 valence electrons. The Bertz CT molecular complexity index is 181. The number of aliphatic hydroxyl groups excluding tert-OH is 3. The lowest BCUT2D eigenvalue weighted by Crippen LogP contribution is -2.31. The van der Waals surface area contributed by atoms with E-state index in [1.165, 1.54) is 0 Å². The van der Waals surface area contributed by atoms with E-state index in [1.54, 1.807) is 6.92 Å². The Kier molecular flexibility index (Phi) is 9.46. The van der Waals surface area contributed by atoms with E-state index in [2.05, 4.69) is 6.58 Å². The summed E-state index contributed by atoms with van der Waals surface area (Å²) < 4.78 is 5.11. The van der Waals surface area contributed by atoms with Gasteiger partial charge in [0.15, 0.2) is 6.29 Å². The van der Waals surface area contributed by atoms with Gasteiger partial charge in [0.25, 0.3) is 0 Å². The van der Waals surface area contributed by atoms with Crippen molar-refractivity contribution < 1.29 is 20.1 Å². The van der Waals surface area contributed by atoms with Crippen LogP contribution in [-0.4, -0.2) is 66.0 Å². The fourth-order valence-electron chi connectivity index (χ4n) is 1.24. The van der Waals surface area contributed by atoms with Crippen molar-refractivity contribution in [2.75, 3.05) is 39.5 Å². The summed E-state index contributed by atoms with van der Waals surface area (Å²) in [5.74, 6) is 0. The second-order valence-corrected chi connectivity index (χ2v) is 3.71. The highest BCUT2D eigenvalue weighted by molar-refractivity contribution is 4.91. The lowest BCUT2D eigenvalue weighted by Gasteiger charge is -2.20. The zero-order valence-electron chi connectivity index (χ0n) is 9.93. The van der Waals surface area contributed by atoms with Gasteiger partial charge in [0.05, 0.1) is 19.8 Å². The molecule has 5 heteroatoms. The molecule has 0 radical (unpaired) electrons. The molecule has 0 fully saturated rings. The van der Waals surface area contributed by atoms with E-state index in [4.69, 9.17) is 14.9 Å². The van der Waals surface area contributed by atoms with Crippen LogP contribution in [0, 0.1) is 0 Å². The maximum Gasteiger partial charge on any atom is 0.176 e. The zero-order valence-corrected chi connectivity index (χ0v) is 9.93. The highest BCUT2D eigenvalue weighted by atomic mass is 16.6. The monoisotopic (exact) mass is 233 g/mol. The van der Waals surface area contributed by atoms with Crippen molar-refractivity contribution in [3.05, 3.63) is 12.2 Å². The number of aliphatic hydroxyl groups is 3. The van der Waals surface area contributed by atoms with Gasteiger partial charge in [0.2, 0.25) is 0 Å². The smallest absolute Gasteiger partial charge is 0.176 e. The van der Waals surface area contributed by atoms with E-state index in [0.29, 0.717) is 25.3 Å². The van der Waals surface area contributed by atoms with E-state index in [-0.39, 0.29) is 13.2 Å². The zero-order chi connectivity index (χ0) is 12.4. The van der Waals surface area contributed by atoms with Gasteiger partial charge in [-0.3, -0.25) is 4.90 Å². The molecule has 0 amide bonds. The molecule has 0 saturated heterocycles. The second-order valence-electron chi connectivity index (χ2n) is 3.71. The van der Waals surface area contributed by atoms with Crippen molar-refractivity contribution in [1.82, 2.24) is 4.90 Å². The highest BCUT2D eigenvalue weighted by Gasteiger charge is 2.06. The minimum absolute atomic E-state index is 0.0786. The van der Waals surface area contributed by atoms with Crippen molar-refractivity contribution >= 4 is 0 Å². The molecule has 5 nitrogen and oxygen atoms in total. The lowest BCUT2D eigenvalue weighted by molar-refractivity contribution is -0.0739. The molecule has 0 aliphatic rings. The van der Waals surface area contributed by atoms with E-state index in [1.807, 2.05) is 4.90 Å². The van der Waals surface area contributed by atoms with Crippen LogP contribution in [0.2, 0.25) is 0 Å². The predicted octanol–water partition coefficient (Wildman–Crippen LogP) is -0.426.